The average molecular weight is 296 g/mol. The lowest BCUT2D eigenvalue weighted by Crippen LogP contribution is -2.13. The molecular formula is C11H12N4O2S2. The molecule has 0 aromatic carbocycles. The summed E-state index contributed by atoms with van der Waals surface area (Å²) in [5.74, 6) is -0.489. The van der Waals surface area contributed by atoms with Crippen LogP contribution in [-0.4, -0.2) is 21.7 Å². The average Bonchev–Trinajstić information content (AvgIpc) is 2.96. The van der Waals surface area contributed by atoms with Gasteiger partial charge in [-0.05, 0) is 6.92 Å². The van der Waals surface area contributed by atoms with Crippen LogP contribution in [0.1, 0.15) is 45.9 Å². The molecule has 0 aliphatic heterocycles. The van der Waals surface area contributed by atoms with Crippen LogP contribution in [0.5, 0.6) is 0 Å². The number of Topliss-reactive ketones (excluding diaryl/α,β-unsaturated/α-hetero) is 1. The van der Waals surface area contributed by atoms with Gasteiger partial charge in [-0.2, -0.15) is 0 Å². The van der Waals surface area contributed by atoms with E-state index in [9.17, 15) is 9.59 Å². The van der Waals surface area contributed by atoms with Gasteiger partial charge in [0.2, 0.25) is 0 Å². The van der Waals surface area contributed by atoms with E-state index in [2.05, 4.69) is 15.3 Å². The van der Waals surface area contributed by atoms with Crippen molar-refractivity contribution in [1.29, 1.82) is 0 Å². The lowest BCUT2D eigenvalue weighted by Gasteiger charge is -1.98. The molecule has 0 aliphatic carbocycles. The number of aromatic nitrogens is 2. The maximum atomic E-state index is 11.9. The van der Waals surface area contributed by atoms with Crippen molar-refractivity contribution in [3.63, 3.8) is 0 Å². The van der Waals surface area contributed by atoms with Crippen molar-refractivity contribution in [2.45, 2.75) is 19.9 Å². The van der Waals surface area contributed by atoms with Crippen LogP contribution in [0.3, 0.4) is 0 Å². The second-order valence-electron chi connectivity index (χ2n) is 3.91. The number of ketones is 1. The first-order valence-corrected chi connectivity index (χ1v) is 7.22. The van der Waals surface area contributed by atoms with Crippen molar-refractivity contribution < 1.29 is 9.59 Å². The van der Waals surface area contributed by atoms with Crippen molar-refractivity contribution in [2.75, 3.05) is 5.32 Å². The van der Waals surface area contributed by atoms with Gasteiger partial charge in [-0.15, -0.1) is 22.7 Å². The van der Waals surface area contributed by atoms with Crippen molar-refractivity contribution in [3.8, 4) is 0 Å². The van der Waals surface area contributed by atoms with E-state index in [0.717, 1.165) is 0 Å². The third kappa shape index (κ3) is 3.22. The van der Waals surface area contributed by atoms with Crippen molar-refractivity contribution in [1.82, 2.24) is 9.97 Å². The molecule has 2 heterocycles. The Morgan fingerprint density at radius 2 is 1.95 bits per heavy atom. The van der Waals surface area contributed by atoms with E-state index in [1.807, 2.05) is 0 Å². The van der Waals surface area contributed by atoms with Crippen molar-refractivity contribution in [3.05, 3.63) is 27.2 Å². The normalized spacial score (nSPS) is 12.2. The fourth-order valence-electron chi connectivity index (χ4n) is 1.26. The second kappa shape index (κ2) is 5.55. The Balaban J connectivity index is 2.09. The third-order valence-electron chi connectivity index (χ3n) is 2.23. The Kier molecular flexibility index (Phi) is 4.03. The summed E-state index contributed by atoms with van der Waals surface area (Å²) in [6.07, 6.45) is 0. The van der Waals surface area contributed by atoms with Crippen molar-refractivity contribution >= 4 is 39.5 Å². The van der Waals surface area contributed by atoms with Gasteiger partial charge < -0.3 is 5.73 Å². The molecule has 2 rings (SSSR count). The number of carbonyl (C=O) groups is 2. The number of hydrogen-bond donors (Lipinski definition) is 2. The summed E-state index contributed by atoms with van der Waals surface area (Å²) in [6, 6.07) is -0.198. The predicted octanol–water partition coefficient (Wildman–Crippen LogP) is 2.07. The maximum Gasteiger partial charge on any atom is 0.276 e. The zero-order valence-electron chi connectivity index (χ0n) is 10.3. The topological polar surface area (TPSA) is 98.0 Å². The molecule has 1 unspecified atom stereocenters. The summed E-state index contributed by atoms with van der Waals surface area (Å²) in [6.45, 7) is 3.23. The van der Waals surface area contributed by atoms with Gasteiger partial charge in [0, 0.05) is 17.7 Å². The highest BCUT2D eigenvalue weighted by molar-refractivity contribution is 7.14. The highest BCUT2D eigenvalue weighted by Gasteiger charge is 2.15. The summed E-state index contributed by atoms with van der Waals surface area (Å²) < 4.78 is 0. The van der Waals surface area contributed by atoms with Crippen LogP contribution in [0.4, 0.5) is 5.13 Å². The van der Waals surface area contributed by atoms with Crippen LogP contribution in [0.2, 0.25) is 0 Å². The van der Waals surface area contributed by atoms with Crippen molar-refractivity contribution in [2.24, 2.45) is 5.73 Å². The van der Waals surface area contributed by atoms with Gasteiger partial charge in [0.1, 0.15) is 16.4 Å². The highest BCUT2D eigenvalue weighted by atomic mass is 32.1. The van der Waals surface area contributed by atoms with Crippen LogP contribution >= 0.6 is 22.7 Å². The van der Waals surface area contributed by atoms with Gasteiger partial charge in [-0.25, -0.2) is 9.97 Å². The summed E-state index contributed by atoms with van der Waals surface area (Å²) in [7, 11) is 0. The summed E-state index contributed by atoms with van der Waals surface area (Å²) in [5, 5.41) is 6.94. The largest absolute Gasteiger partial charge is 0.322 e. The monoisotopic (exact) mass is 296 g/mol. The Hall–Kier alpha value is -1.64. The molecule has 0 aliphatic rings. The molecule has 19 heavy (non-hydrogen) atoms. The highest BCUT2D eigenvalue weighted by Crippen LogP contribution is 2.19. The fourth-order valence-corrected chi connectivity index (χ4v) is 2.76. The van der Waals surface area contributed by atoms with Crippen LogP contribution in [0, 0.1) is 0 Å². The Morgan fingerprint density at radius 3 is 2.47 bits per heavy atom. The van der Waals surface area contributed by atoms with Gasteiger partial charge >= 0.3 is 0 Å². The fraction of sp³-hybridized carbons (Fsp3) is 0.273. The molecule has 3 N–H and O–H groups in total. The standard InChI is InChI=1S/C11H12N4O2S2/c1-5(12)10-13-8(4-18-10)9(17)15-11-14-7(3-19-11)6(2)16/h3-5H,12H2,1-2H3,(H,14,15,17). The first-order valence-electron chi connectivity index (χ1n) is 5.46. The molecule has 0 fully saturated rings. The third-order valence-corrected chi connectivity index (χ3v) is 4.03. The van der Waals surface area contributed by atoms with Gasteiger partial charge in [0.25, 0.3) is 5.91 Å². The SMILES string of the molecule is CC(=O)c1csc(NC(=O)c2csc(C(C)N)n2)n1. The van der Waals surface area contributed by atoms with E-state index in [1.54, 1.807) is 17.7 Å². The number of thiazole rings is 2. The van der Waals surface area contributed by atoms with Crippen LogP contribution in [0.25, 0.3) is 0 Å². The first-order chi connectivity index (χ1) is 8.97. The minimum absolute atomic E-state index is 0.135. The second-order valence-corrected chi connectivity index (χ2v) is 5.66. The predicted molar refractivity (Wildman–Crippen MR) is 74.8 cm³/mol. The molecule has 0 saturated heterocycles. The lowest BCUT2D eigenvalue weighted by molar-refractivity contribution is 0.100. The summed E-state index contributed by atoms with van der Waals surface area (Å²) in [5.41, 5.74) is 6.33. The van der Waals surface area contributed by atoms with E-state index in [-0.39, 0.29) is 17.7 Å². The van der Waals surface area contributed by atoms with Gasteiger partial charge in [0.15, 0.2) is 10.9 Å². The molecule has 1 atom stereocenters. The molecule has 0 spiro atoms. The number of hydrogen-bond acceptors (Lipinski definition) is 7. The number of rotatable bonds is 4. The summed E-state index contributed by atoms with van der Waals surface area (Å²) >= 11 is 2.54. The van der Waals surface area contributed by atoms with Crippen LogP contribution < -0.4 is 11.1 Å². The Labute approximate surface area is 117 Å². The van der Waals surface area contributed by atoms with Gasteiger partial charge in [-0.1, -0.05) is 0 Å². The Bertz CT molecular complexity index is 618. The molecule has 2 aromatic heterocycles. The number of nitrogens with one attached hydrogen (secondary N) is 1. The zero-order valence-corrected chi connectivity index (χ0v) is 12.0. The van der Waals surface area contributed by atoms with E-state index in [0.29, 0.717) is 21.5 Å². The molecule has 2 aromatic rings. The number of nitrogens with two attached hydrogens (primary N) is 1. The van der Waals surface area contributed by atoms with Gasteiger partial charge in [0.05, 0.1) is 6.04 Å². The molecule has 100 valence electrons. The first kappa shape index (κ1) is 13.8. The Morgan fingerprint density at radius 1 is 1.26 bits per heavy atom. The molecule has 0 saturated carbocycles. The number of nitrogens with zero attached hydrogens (tertiary/aromatic N) is 2. The molecular weight excluding hydrogens is 284 g/mol. The van der Waals surface area contributed by atoms with E-state index in [1.165, 1.54) is 29.6 Å². The molecule has 1 amide bonds. The van der Waals surface area contributed by atoms with E-state index in [4.69, 9.17) is 5.73 Å². The smallest absolute Gasteiger partial charge is 0.276 e. The zero-order chi connectivity index (χ0) is 14.0. The minimum atomic E-state index is -0.354. The van der Waals surface area contributed by atoms with Crippen LogP contribution in [-0.2, 0) is 0 Å². The molecule has 8 heteroatoms. The van der Waals surface area contributed by atoms with Crippen LogP contribution in [0.15, 0.2) is 10.8 Å². The maximum absolute atomic E-state index is 11.9. The number of anilines is 1. The minimum Gasteiger partial charge on any atom is -0.322 e. The molecule has 0 radical (unpaired) electrons. The van der Waals surface area contributed by atoms with E-state index < -0.39 is 0 Å². The molecule has 0 bridgehead atoms. The lowest BCUT2D eigenvalue weighted by atomic mass is 10.4. The summed E-state index contributed by atoms with van der Waals surface area (Å²) in [4.78, 5) is 31.1. The quantitative estimate of drug-likeness (QED) is 0.842. The number of carbonyl (C=O) groups excluding carboxylic acids is 2. The van der Waals surface area contributed by atoms with E-state index >= 15 is 0 Å². The van der Waals surface area contributed by atoms with Gasteiger partial charge in [-0.3, -0.25) is 14.9 Å². The molecule has 6 nitrogen and oxygen atoms in total. The number of amides is 1.